The van der Waals surface area contributed by atoms with E-state index in [1.807, 2.05) is 13.8 Å². The van der Waals surface area contributed by atoms with Crippen LogP contribution in [0, 0.1) is 0 Å². The normalized spacial score (nSPS) is 11.1. The van der Waals surface area contributed by atoms with Crippen molar-refractivity contribution in [2.24, 2.45) is 7.05 Å². The summed E-state index contributed by atoms with van der Waals surface area (Å²) in [6, 6.07) is 4.85. The van der Waals surface area contributed by atoms with Crippen molar-refractivity contribution < 1.29 is 9.15 Å². The van der Waals surface area contributed by atoms with Crippen LogP contribution in [-0.2, 0) is 13.6 Å². The summed E-state index contributed by atoms with van der Waals surface area (Å²) in [5.74, 6) is -0.0733. The predicted molar refractivity (Wildman–Crippen MR) is 107 cm³/mol. The Labute approximate surface area is 170 Å². The molecule has 28 heavy (non-hydrogen) atoms. The summed E-state index contributed by atoms with van der Waals surface area (Å²) in [7, 11) is 1.55. The molecule has 0 aliphatic rings. The molecule has 2 heterocycles. The van der Waals surface area contributed by atoms with Crippen LogP contribution in [0.2, 0.25) is 10.0 Å². The SMILES string of the molecule is CC(C)c1cc(Oc2c(Cl)cc(NCc3coc(=O)[nH]3)cc2Cl)nn(C)c1=O. The van der Waals surface area contributed by atoms with Gasteiger partial charge in [-0.2, -0.15) is 0 Å². The monoisotopic (exact) mass is 424 g/mol. The smallest absolute Gasteiger partial charge is 0.416 e. The molecule has 2 N–H and O–H groups in total. The molecule has 3 rings (SSSR count). The number of ether oxygens (including phenoxy) is 1. The first-order valence-electron chi connectivity index (χ1n) is 8.40. The maximum absolute atomic E-state index is 12.1. The first-order chi connectivity index (χ1) is 13.2. The van der Waals surface area contributed by atoms with Gasteiger partial charge in [-0.05, 0) is 18.1 Å². The maximum atomic E-state index is 12.1. The van der Waals surface area contributed by atoms with Gasteiger partial charge in [-0.15, -0.1) is 5.10 Å². The summed E-state index contributed by atoms with van der Waals surface area (Å²) in [6.07, 6.45) is 1.33. The van der Waals surface area contributed by atoms with E-state index in [1.54, 1.807) is 25.2 Å². The fourth-order valence-corrected chi connectivity index (χ4v) is 3.09. The summed E-state index contributed by atoms with van der Waals surface area (Å²) in [5.41, 5.74) is 1.59. The van der Waals surface area contributed by atoms with Gasteiger partial charge < -0.3 is 14.5 Å². The third-order valence-corrected chi connectivity index (χ3v) is 4.51. The molecule has 0 unspecified atom stereocenters. The Hall–Kier alpha value is -2.71. The van der Waals surface area contributed by atoms with E-state index < -0.39 is 5.76 Å². The fourth-order valence-electron chi connectivity index (χ4n) is 2.53. The Morgan fingerprint density at radius 2 is 1.93 bits per heavy atom. The average Bonchev–Trinajstić information content (AvgIpc) is 3.04. The summed E-state index contributed by atoms with van der Waals surface area (Å²) in [6.45, 7) is 4.14. The van der Waals surface area contributed by atoms with Crippen molar-refractivity contribution in [3.05, 3.63) is 66.7 Å². The van der Waals surface area contributed by atoms with Crippen molar-refractivity contribution in [2.75, 3.05) is 5.32 Å². The zero-order valence-corrected chi connectivity index (χ0v) is 16.9. The first-order valence-corrected chi connectivity index (χ1v) is 9.16. The molecule has 3 aromatic rings. The van der Waals surface area contributed by atoms with Crippen LogP contribution in [0.25, 0.3) is 0 Å². The number of H-pyrrole nitrogens is 1. The number of anilines is 1. The van der Waals surface area contributed by atoms with Gasteiger partial charge in [0.1, 0.15) is 6.26 Å². The largest absolute Gasteiger partial charge is 0.434 e. The highest BCUT2D eigenvalue weighted by molar-refractivity contribution is 6.37. The highest BCUT2D eigenvalue weighted by Gasteiger charge is 2.15. The molecule has 148 valence electrons. The minimum Gasteiger partial charge on any atom is -0.434 e. The quantitative estimate of drug-likeness (QED) is 0.621. The van der Waals surface area contributed by atoms with E-state index in [1.165, 1.54) is 10.9 Å². The van der Waals surface area contributed by atoms with Crippen molar-refractivity contribution in [3.63, 3.8) is 0 Å². The number of aryl methyl sites for hydroxylation is 1. The Balaban J connectivity index is 1.83. The Kier molecular flexibility index (Phi) is 5.81. The number of halogens is 2. The van der Waals surface area contributed by atoms with Gasteiger partial charge in [-0.1, -0.05) is 37.0 Å². The van der Waals surface area contributed by atoms with E-state index in [0.29, 0.717) is 23.5 Å². The van der Waals surface area contributed by atoms with Gasteiger partial charge in [-0.25, -0.2) is 9.48 Å². The van der Waals surface area contributed by atoms with Crippen molar-refractivity contribution in [3.8, 4) is 11.6 Å². The van der Waals surface area contributed by atoms with Gasteiger partial charge in [0, 0.05) is 24.4 Å². The van der Waals surface area contributed by atoms with E-state index in [4.69, 9.17) is 27.9 Å². The molecule has 10 heteroatoms. The van der Waals surface area contributed by atoms with Gasteiger partial charge in [0.05, 0.1) is 22.3 Å². The molecule has 1 aromatic carbocycles. The predicted octanol–water partition coefficient (Wildman–Crippen LogP) is 3.90. The molecule has 0 saturated carbocycles. The Morgan fingerprint density at radius 1 is 1.25 bits per heavy atom. The number of aromatic amines is 1. The van der Waals surface area contributed by atoms with Gasteiger partial charge in [0.25, 0.3) is 5.56 Å². The highest BCUT2D eigenvalue weighted by Crippen LogP contribution is 2.38. The van der Waals surface area contributed by atoms with Crippen molar-refractivity contribution in [1.29, 1.82) is 0 Å². The number of nitrogens with zero attached hydrogens (tertiary/aromatic N) is 2. The van der Waals surface area contributed by atoms with Gasteiger partial charge in [-0.3, -0.25) is 9.78 Å². The maximum Gasteiger partial charge on any atom is 0.416 e. The van der Waals surface area contributed by atoms with Crippen LogP contribution in [0.4, 0.5) is 5.69 Å². The van der Waals surface area contributed by atoms with Crippen LogP contribution in [-0.4, -0.2) is 14.8 Å². The number of hydrogen-bond donors (Lipinski definition) is 2. The van der Waals surface area contributed by atoms with Crippen molar-refractivity contribution in [1.82, 2.24) is 14.8 Å². The number of aromatic nitrogens is 3. The van der Waals surface area contributed by atoms with E-state index in [-0.39, 0.29) is 33.2 Å². The molecule has 0 atom stereocenters. The molecule has 0 spiro atoms. The summed E-state index contributed by atoms with van der Waals surface area (Å²) in [4.78, 5) is 25.7. The molecule has 0 bridgehead atoms. The van der Waals surface area contributed by atoms with E-state index in [9.17, 15) is 9.59 Å². The third-order valence-electron chi connectivity index (χ3n) is 3.95. The number of rotatable bonds is 6. The van der Waals surface area contributed by atoms with Crippen LogP contribution in [0.15, 0.2) is 38.5 Å². The van der Waals surface area contributed by atoms with Gasteiger partial charge in [0.15, 0.2) is 5.75 Å². The molecular formula is C18H18Cl2N4O4. The van der Waals surface area contributed by atoms with Gasteiger partial charge >= 0.3 is 5.76 Å². The zero-order chi connectivity index (χ0) is 20.4. The number of oxazole rings is 1. The molecule has 8 nitrogen and oxygen atoms in total. The summed E-state index contributed by atoms with van der Waals surface area (Å²) >= 11 is 12.6. The molecule has 0 saturated heterocycles. The minimum absolute atomic E-state index is 0.0101. The lowest BCUT2D eigenvalue weighted by Gasteiger charge is -2.14. The highest BCUT2D eigenvalue weighted by atomic mass is 35.5. The van der Waals surface area contributed by atoms with Crippen molar-refractivity contribution in [2.45, 2.75) is 26.3 Å². The molecule has 0 aliphatic carbocycles. The Morgan fingerprint density at radius 3 is 2.50 bits per heavy atom. The van der Waals surface area contributed by atoms with Crippen LogP contribution >= 0.6 is 23.2 Å². The van der Waals surface area contributed by atoms with Crippen molar-refractivity contribution >= 4 is 28.9 Å². The molecule has 0 amide bonds. The molecule has 0 aliphatic heterocycles. The lowest BCUT2D eigenvalue weighted by molar-refractivity contribution is 0.438. The fraction of sp³-hybridized carbons (Fsp3) is 0.278. The Bertz CT molecular complexity index is 1090. The standard InChI is InChI=1S/C18H18Cl2N4O4/c1-9(2)12-6-15(23-24(3)17(12)25)28-16-13(19)4-10(5-14(16)20)21-7-11-8-27-18(26)22-11/h4-6,8-9,21H,7H2,1-3H3,(H,22,26). The summed E-state index contributed by atoms with van der Waals surface area (Å²) < 4.78 is 11.7. The first kappa shape index (κ1) is 20.0. The van der Waals surface area contributed by atoms with E-state index in [2.05, 4.69) is 19.8 Å². The van der Waals surface area contributed by atoms with Crippen LogP contribution < -0.4 is 21.4 Å². The van der Waals surface area contributed by atoms with Crippen LogP contribution in [0.1, 0.15) is 31.0 Å². The molecular weight excluding hydrogens is 407 g/mol. The topological polar surface area (TPSA) is 102 Å². The van der Waals surface area contributed by atoms with Crippen LogP contribution in [0.5, 0.6) is 11.6 Å². The minimum atomic E-state index is -0.526. The third kappa shape index (κ3) is 4.40. The average molecular weight is 425 g/mol. The summed E-state index contributed by atoms with van der Waals surface area (Å²) in [5, 5.41) is 7.69. The van der Waals surface area contributed by atoms with E-state index >= 15 is 0 Å². The van der Waals surface area contributed by atoms with Crippen LogP contribution in [0.3, 0.4) is 0 Å². The lowest BCUT2D eigenvalue weighted by atomic mass is 10.1. The zero-order valence-electron chi connectivity index (χ0n) is 15.4. The second-order valence-corrected chi connectivity index (χ2v) is 7.23. The van der Waals surface area contributed by atoms with E-state index in [0.717, 1.165) is 0 Å². The number of hydrogen-bond acceptors (Lipinski definition) is 6. The number of benzene rings is 1. The molecule has 0 fully saturated rings. The lowest BCUT2D eigenvalue weighted by Crippen LogP contribution is -2.24. The number of nitrogens with one attached hydrogen (secondary N) is 2. The second-order valence-electron chi connectivity index (χ2n) is 6.42. The molecule has 2 aromatic heterocycles. The second kappa shape index (κ2) is 8.12. The van der Waals surface area contributed by atoms with Gasteiger partial charge in [0.2, 0.25) is 5.88 Å². The molecule has 0 radical (unpaired) electrons.